The molecule has 1 amide bonds. The van der Waals surface area contributed by atoms with Gasteiger partial charge < -0.3 is 4.90 Å². The SMILES string of the molecule is O=C(C1=NNc2ccccc2S1(=O)=O)N1CCCCCC1. The van der Waals surface area contributed by atoms with E-state index in [1.165, 1.54) is 6.07 Å². The Balaban J connectivity index is 1.93. The lowest BCUT2D eigenvalue weighted by Crippen LogP contribution is -2.42. The summed E-state index contributed by atoms with van der Waals surface area (Å²) in [5.41, 5.74) is 3.07. The minimum absolute atomic E-state index is 0.109. The molecule has 2 heterocycles. The molecule has 0 unspecified atom stereocenters. The zero-order chi connectivity index (χ0) is 14.9. The molecule has 112 valence electrons. The number of hydrazone groups is 1. The van der Waals surface area contributed by atoms with Crippen molar-refractivity contribution in [2.75, 3.05) is 18.5 Å². The Bertz CT molecular complexity index is 689. The van der Waals surface area contributed by atoms with Crippen LogP contribution in [0, 0.1) is 0 Å². The maximum atomic E-state index is 12.6. The van der Waals surface area contributed by atoms with Gasteiger partial charge in [-0.05, 0) is 25.0 Å². The van der Waals surface area contributed by atoms with Crippen molar-refractivity contribution in [2.45, 2.75) is 30.6 Å². The number of rotatable bonds is 1. The molecule has 3 rings (SSSR count). The summed E-state index contributed by atoms with van der Waals surface area (Å²) in [6.07, 6.45) is 3.96. The number of amides is 1. The number of benzene rings is 1. The van der Waals surface area contributed by atoms with Crippen molar-refractivity contribution >= 4 is 26.5 Å². The van der Waals surface area contributed by atoms with Gasteiger partial charge >= 0.3 is 0 Å². The van der Waals surface area contributed by atoms with Crippen LogP contribution in [0.4, 0.5) is 5.69 Å². The van der Waals surface area contributed by atoms with Crippen LogP contribution in [-0.2, 0) is 14.6 Å². The van der Waals surface area contributed by atoms with Crippen molar-refractivity contribution in [1.29, 1.82) is 0 Å². The topological polar surface area (TPSA) is 78.8 Å². The summed E-state index contributed by atoms with van der Waals surface area (Å²) in [6, 6.07) is 6.47. The van der Waals surface area contributed by atoms with Crippen LogP contribution in [0.15, 0.2) is 34.3 Å². The Hall–Kier alpha value is -1.89. The van der Waals surface area contributed by atoms with Crippen LogP contribution in [0.25, 0.3) is 0 Å². The highest BCUT2D eigenvalue weighted by molar-refractivity contribution is 8.08. The Labute approximate surface area is 123 Å². The monoisotopic (exact) mass is 307 g/mol. The lowest BCUT2D eigenvalue weighted by atomic mass is 10.2. The summed E-state index contributed by atoms with van der Waals surface area (Å²) < 4.78 is 25.1. The van der Waals surface area contributed by atoms with E-state index in [2.05, 4.69) is 10.5 Å². The van der Waals surface area contributed by atoms with Crippen LogP contribution in [0.1, 0.15) is 25.7 Å². The highest BCUT2D eigenvalue weighted by Gasteiger charge is 2.36. The largest absolute Gasteiger partial charge is 0.337 e. The van der Waals surface area contributed by atoms with E-state index in [1.807, 2.05) is 0 Å². The molecule has 0 saturated carbocycles. The van der Waals surface area contributed by atoms with Crippen LogP contribution >= 0.6 is 0 Å². The van der Waals surface area contributed by atoms with Gasteiger partial charge in [0.25, 0.3) is 5.91 Å². The van der Waals surface area contributed by atoms with E-state index in [-0.39, 0.29) is 4.90 Å². The molecule has 1 aromatic rings. The summed E-state index contributed by atoms with van der Waals surface area (Å²) in [5.74, 6) is -0.501. The van der Waals surface area contributed by atoms with Gasteiger partial charge in [0.05, 0.1) is 10.6 Å². The average Bonchev–Trinajstić information content (AvgIpc) is 2.76. The zero-order valence-corrected chi connectivity index (χ0v) is 12.4. The number of likely N-dealkylation sites (tertiary alicyclic amines) is 1. The van der Waals surface area contributed by atoms with E-state index >= 15 is 0 Å². The summed E-state index contributed by atoms with van der Waals surface area (Å²) in [7, 11) is -3.85. The third-order valence-electron chi connectivity index (χ3n) is 3.79. The lowest BCUT2D eigenvalue weighted by molar-refractivity contribution is -0.123. The van der Waals surface area contributed by atoms with Crippen LogP contribution in [-0.4, -0.2) is 37.4 Å². The van der Waals surface area contributed by atoms with Crippen LogP contribution in [0.2, 0.25) is 0 Å². The lowest BCUT2D eigenvalue weighted by Gasteiger charge is -2.23. The third-order valence-corrected chi connectivity index (χ3v) is 5.50. The Morgan fingerprint density at radius 3 is 2.48 bits per heavy atom. The van der Waals surface area contributed by atoms with E-state index in [0.717, 1.165) is 25.7 Å². The molecule has 7 heteroatoms. The number of para-hydroxylation sites is 1. The molecule has 2 aliphatic heterocycles. The first-order valence-corrected chi connectivity index (χ1v) is 8.56. The minimum Gasteiger partial charge on any atom is -0.337 e. The van der Waals surface area contributed by atoms with Crippen molar-refractivity contribution in [1.82, 2.24) is 4.90 Å². The first-order valence-electron chi connectivity index (χ1n) is 7.08. The number of sulfone groups is 1. The summed E-state index contributed by atoms with van der Waals surface area (Å²) in [4.78, 5) is 14.2. The molecule has 1 N–H and O–H groups in total. The van der Waals surface area contributed by atoms with Crippen molar-refractivity contribution in [3.05, 3.63) is 24.3 Å². The van der Waals surface area contributed by atoms with Crippen LogP contribution in [0.3, 0.4) is 0 Å². The quantitative estimate of drug-likeness (QED) is 0.855. The van der Waals surface area contributed by atoms with E-state index in [9.17, 15) is 13.2 Å². The smallest absolute Gasteiger partial charge is 0.286 e. The molecule has 1 saturated heterocycles. The van der Waals surface area contributed by atoms with Gasteiger partial charge in [0.2, 0.25) is 14.9 Å². The average molecular weight is 307 g/mol. The summed E-state index contributed by atoms with van der Waals surface area (Å²) in [6.45, 7) is 1.18. The Morgan fingerprint density at radius 2 is 1.76 bits per heavy atom. The summed E-state index contributed by atoms with van der Waals surface area (Å²) >= 11 is 0. The molecule has 0 aliphatic carbocycles. The molecule has 1 fully saturated rings. The third kappa shape index (κ3) is 2.53. The van der Waals surface area contributed by atoms with Gasteiger partial charge in [0.1, 0.15) is 0 Å². The molecule has 0 radical (unpaired) electrons. The molecular formula is C14H17N3O3S. The second kappa shape index (κ2) is 5.48. The van der Waals surface area contributed by atoms with Crippen molar-refractivity contribution < 1.29 is 13.2 Å². The van der Waals surface area contributed by atoms with E-state index in [1.54, 1.807) is 23.1 Å². The minimum atomic E-state index is -3.85. The number of carbonyl (C=O) groups excluding carboxylic acids is 1. The maximum Gasteiger partial charge on any atom is 0.286 e. The van der Waals surface area contributed by atoms with Crippen LogP contribution < -0.4 is 5.43 Å². The van der Waals surface area contributed by atoms with E-state index < -0.39 is 20.8 Å². The normalized spacial score (nSPS) is 20.8. The molecular weight excluding hydrogens is 290 g/mol. The Morgan fingerprint density at radius 1 is 1.10 bits per heavy atom. The molecule has 6 nitrogen and oxygen atoms in total. The highest BCUT2D eigenvalue weighted by atomic mass is 32.2. The zero-order valence-electron chi connectivity index (χ0n) is 11.6. The number of fused-ring (bicyclic) bond motifs is 1. The number of nitrogens with zero attached hydrogens (tertiary/aromatic N) is 2. The van der Waals surface area contributed by atoms with Gasteiger partial charge in [-0.1, -0.05) is 25.0 Å². The standard InChI is InChI=1S/C14H17N3O3S/c18-14(17-9-5-1-2-6-10-17)13-16-15-11-7-3-4-8-12(11)21(13,19)20/h3-4,7-8,15H,1-2,5-6,9-10H2. The van der Waals surface area contributed by atoms with Crippen molar-refractivity contribution in [3.8, 4) is 0 Å². The molecule has 0 bridgehead atoms. The van der Waals surface area contributed by atoms with Gasteiger partial charge in [-0.25, -0.2) is 8.42 Å². The van der Waals surface area contributed by atoms with Gasteiger partial charge in [0, 0.05) is 13.1 Å². The second-order valence-corrected chi connectivity index (χ2v) is 7.07. The van der Waals surface area contributed by atoms with Gasteiger partial charge in [-0.15, -0.1) is 0 Å². The molecule has 21 heavy (non-hydrogen) atoms. The number of hydrogen-bond donors (Lipinski definition) is 1. The van der Waals surface area contributed by atoms with E-state index in [0.29, 0.717) is 18.8 Å². The molecule has 0 aromatic heterocycles. The predicted octanol–water partition coefficient (Wildman–Crippen LogP) is 1.60. The number of carbonyl (C=O) groups is 1. The summed E-state index contributed by atoms with van der Waals surface area (Å²) in [5, 5.41) is 3.42. The fraction of sp³-hybridized carbons (Fsp3) is 0.429. The fourth-order valence-corrected chi connectivity index (χ4v) is 4.03. The van der Waals surface area contributed by atoms with Gasteiger partial charge in [-0.2, -0.15) is 5.10 Å². The van der Waals surface area contributed by atoms with Gasteiger partial charge in [-0.3, -0.25) is 10.2 Å². The van der Waals surface area contributed by atoms with E-state index in [4.69, 9.17) is 0 Å². The number of anilines is 1. The first-order chi connectivity index (χ1) is 10.1. The fourth-order valence-electron chi connectivity index (χ4n) is 2.64. The van der Waals surface area contributed by atoms with Crippen molar-refractivity contribution in [2.24, 2.45) is 5.10 Å². The molecule has 0 atom stereocenters. The molecule has 0 spiro atoms. The van der Waals surface area contributed by atoms with Gasteiger partial charge in [0.15, 0.2) is 0 Å². The number of hydrogen-bond acceptors (Lipinski definition) is 5. The van der Waals surface area contributed by atoms with Crippen LogP contribution in [0.5, 0.6) is 0 Å². The molecule has 1 aromatic carbocycles. The first kappa shape index (κ1) is 14.1. The molecule has 2 aliphatic rings. The number of nitrogens with one attached hydrogen (secondary N) is 1. The maximum absolute atomic E-state index is 12.6. The highest BCUT2D eigenvalue weighted by Crippen LogP contribution is 2.27. The van der Waals surface area contributed by atoms with Crippen molar-refractivity contribution in [3.63, 3.8) is 0 Å². The second-order valence-electron chi connectivity index (χ2n) is 5.23. The predicted molar refractivity (Wildman–Crippen MR) is 79.7 cm³/mol. The Kier molecular flexibility index (Phi) is 3.67.